The van der Waals surface area contributed by atoms with E-state index in [2.05, 4.69) is 11.9 Å². The van der Waals surface area contributed by atoms with E-state index < -0.39 is 5.24 Å². The maximum Gasteiger partial charge on any atom is 0.257 e. The van der Waals surface area contributed by atoms with Crippen molar-refractivity contribution in [1.29, 1.82) is 0 Å². The van der Waals surface area contributed by atoms with E-state index in [0.717, 1.165) is 12.8 Å². The van der Waals surface area contributed by atoms with Crippen LogP contribution < -0.4 is 4.74 Å². The van der Waals surface area contributed by atoms with Gasteiger partial charge in [0.1, 0.15) is 0 Å². The summed E-state index contributed by atoms with van der Waals surface area (Å²) in [5.74, 6) is 0.343. The Labute approximate surface area is 126 Å². The van der Waals surface area contributed by atoms with Crippen molar-refractivity contribution < 1.29 is 9.53 Å². The van der Waals surface area contributed by atoms with Gasteiger partial charge in [0.2, 0.25) is 5.88 Å². The number of hydrogen-bond donors (Lipinski definition) is 0. The highest BCUT2D eigenvalue weighted by Gasteiger charge is 2.10. The Morgan fingerprint density at radius 1 is 1.15 bits per heavy atom. The smallest absolute Gasteiger partial charge is 0.257 e. The molecule has 0 atom stereocenters. The predicted molar refractivity (Wildman–Crippen MR) is 82.5 cm³/mol. The molecule has 1 rings (SSSR count). The minimum absolute atomic E-state index is 0.341. The van der Waals surface area contributed by atoms with Gasteiger partial charge in [-0.3, -0.25) is 4.79 Å². The molecule has 0 spiro atoms. The largest absolute Gasteiger partial charge is 0.477 e. The molecular weight excluding hydrogens is 274 g/mol. The Morgan fingerprint density at radius 2 is 1.80 bits per heavy atom. The first-order valence-electron chi connectivity index (χ1n) is 7.53. The van der Waals surface area contributed by atoms with Crippen molar-refractivity contribution in [3.05, 3.63) is 23.9 Å². The van der Waals surface area contributed by atoms with Gasteiger partial charge in [-0.15, -0.1) is 0 Å². The van der Waals surface area contributed by atoms with Gasteiger partial charge in [0, 0.05) is 6.20 Å². The Hall–Kier alpha value is -1.09. The third-order valence-corrected chi connectivity index (χ3v) is 3.42. The second-order valence-electron chi connectivity index (χ2n) is 4.95. The molecule has 0 aliphatic rings. The summed E-state index contributed by atoms with van der Waals surface area (Å²) < 4.78 is 5.53. The first-order chi connectivity index (χ1) is 9.75. The number of rotatable bonds is 11. The number of carbonyl (C=O) groups excluding carboxylic acids is 1. The molecular formula is C16H24ClNO2. The average Bonchev–Trinajstić information content (AvgIpc) is 2.46. The van der Waals surface area contributed by atoms with Gasteiger partial charge in [-0.05, 0) is 30.2 Å². The summed E-state index contributed by atoms with van der Waals surface area (Å²) >= 11 is 5.47. The zero-order valence-corrected chi connectivity index (χ0v) is 13.0. The highest BCUT2D eigenvalue weighted by molar-refractivity contribution is 6.68. The molecule has 0 N–H and O–H groups in total. The number of unbranched alkanes of at least 4 members (excludes halogenated alkanes) is 7. The first-order valence-corrected chi connectivity index (χ1v) is 7.91. The number of carbonyl (C=O) groups is 1. The van der Waals surface area contributed by atoms with Crippen LogP contribution in [0.4, 0.5) is 0 Å². The summed E-state index contributed by atoms with van der Waals surface area (Å²) in [6.45, 7) is 2.82. The lowest BCUT2D eigenvalue weighted by molar-refractivity contribution is 0.107. The van der Waals surface area contributed by atoms with Crippen molar-refractivity contribution in [2.45, 2.75) is 58.3 Å². The SMILES string of the molecule is CCCCCCCCCCOc1ncccc1C(=O)Cl. The summed E-state index contributed by atoms with van der Waals surface area (Å²) in [6.07, 6.45) is 11.6. The van der Waals surface area contributed by atoms with Gasteiger partial charge in [-0.2, -0.15) is 0 Å². The van der Waals surface area contributed by atoms with E-state index in [1.165, 1.54) is 38.5 Å². The molecule has 0 aromatic carbocycles. The van der Waals surface area contributed by atoms with E-state index >= 15 is 0 Å². The Morgan fingerprint density at radius 3 is 2.45 bits per heavy atom. The van der Waals surface area contributed by atoms with Gasteiger partial charge < -0.3 is 4.74 Å². The molecule has 20 heavy (non-hydrogen) atoms. The van der Waals surface area contributed by atoms with E-state index in [9.17, 15) is 4.79 Å². The summed E-state index contributed by atoms with van der Waals surface area (Å²) in [5, 5.41) is -0.524. The highest BCUT2D eigenvalue weighted by Crippen LogP contribution is 2.17. The summed E-state index contributed by atoms with van der Waals surface area (Å²) in [5.41, 5.74) is 0.341. The van der Waals surface area contributed by atoms with Gasteiger partial charge in [0.05, 0.1) is 12.2 Å². The molecule has 1 aromatic rings. The van der Waals surface area contributed by atoms with Gasteiger partial charge in [0.15, 0.2) is 0 Å². The van der Waals surface area contributed by atoms with Crippen molar-refractivity contribution in [3.63, 3.8) is 0 Å². The molecule has 0 amide bonds. The number of aromatic nitrogens is 1. The fraction of sp³-hybridized carbons (Fsp3) is 0.625. The van der Waals surface area contributed by atoms with E-state index in [0.29, 0.717) is 18.1 Å². The van der Waals surface area contributed by atoms with Crippen LogP contribution in [-0.4, -0.2) is 16.8 Å². The Bertz CT molecular complexity index is 396. The topological polar surface area (TPSA) is 39.2 Å². The zero-order valence-electron chi connectivity index (χ0n) is 12.2. The van der Waals surface area contributed by atoms with Crippen LogP contribution in [0.5, 0.6) is 5.88 Å². The molecule has 0 unspecified atom stereocenters. The lowest BCUT2D eigenvalue weighted by Crippen LogP contribution is -2.03. The summed E-state index contributed by atoms with van der Waals surface area (Å²) in [4.78, 5) is 15.2. The molecule has 112 valence electrons. The van der Waals surface area contributed by atoms with E-state index in [4.69, 9.17) is 16.3 Å². The molecule has 0 aliphatic heterocycles. The van der Waals surface area contributed by atoms with E-state index in [-0.39, 0.29) is 0 Å². The second-order valence-corrected chi connectivity index (χ2v) is 5.30. The van der Waals surface area contributed by atoms with Crippen LogP contribution >= 0.6 is 11.6 Å². The molecule has 1 aromatic heterocycles. The molecule has 0 bridgehead atoms. The van der Waals surface area contributed by atoms with Gasteiger partial charge in [0.25, 0.3) is 5.24 Å². The van der Waals surface area contributed by atoms with Crippen LogP contribution in [0.15, 0.2) is 18.3 Å². The number of pyridine rings is 1. The first kappa shape index (κ1) is 17.0. The highest BCUT2D eigenvalue weighted by atomic mass is 35.5. The number of halogens is 1. The normalized spacial score (nSPS) is 10.5. The van der Waals surface area contributed by atoms with Gasteiger partial charge >= 0.3 is 0 Å². The van der Waals surface area contributed by atoms with Crippen LogP contribution in [0.3, 0.4) is 0 Å². The molecule has 0 saturated heterocycles. The maximum absolute atomic E-state index is 11.2. The van der Waals surface area contributed by atoms with Crippen molar-refractivity contribution >= 4 is 16.8 Å². The fourth-order valence-electron chi connectivity index (χ4n) is 2.06. The number of hydrogen-bond acceptors (Lipinski definition) is 3. The monoisotopic (exact) mass is 297 g/mol. The third-order valence-electron chi connectivity index (χ3n) is 3.22. The molecule has 0 aliphatic carbocycles. The minimum Gasteiger partial charge on any atom is -0.477 e. The molecule has 0 saturated carbocycles. The van der Waals surface area contributed by atoms with Gasteiger partial charge in [-0.1, -0.05) is 51.9 Å². The third kappa shape index (κ3) is 6.90. The van der Waals surface area contributed by atoms with E-state index in [1.54, 1.807) is 18.3 Å². The van der Waals surface area contributed by atoms with Crippen molar-refractivity contribution in [1.82, 2.24) is 4.98 Å². The van der Waals surface area contributed by atoms with Crippen LogP contribution in [0.1, 0.15) is 68.6 Å². The standard InChI is InChI=1S/C16H24ClNO2/c1-2-3-4-5-6-7-8-9-13-20-16-14(15(17)19)11-10-12-18-16/h10-12H,2-9,13H2,1H3. The van der Waals surface area contributed by atoms with Crippen LogP contribution in [0.25, 0.3) is 0 Å². The number of nitrogens with zero attached hydrogens (tertiary/aromatic N) is 1. The number of ether oxygens (including phenoxy) is 1. The lowest BCUT2D eigenvalue weighted by atomic mass is 10.1. The minimum atomic E-state index is -0.524. The predicted octanol–water partition coefficient (Wildman–Crippen LogP) is 4.98. The van der Waals surface area contributed by atoms with Crippen LogP contribution in [0, 0.1) is 0 Å². The van der Waals surface area contributed by atoms with Crippen molar-refractivity contribution in [2.24, 2.45) is 0 Å². The second kappa shape index (κ2) is 10.7. The Kier molecular flexibility index (Phi) is 9.05. The van der Waals surface area contributed by atoms with Gasteiger partial charge in [-0.25, -0.2) is 4.98 Å². The molecule has 1 heterocycles. The molecule has 3 nitrogen and oxygen atoms in total. The van der Waals surface area contributed by atoms with Crippen LogP contribution in [-0.2, 0) is 0 Å². The summed E-state index contributed by atoms with van der Waals surface area (Å²) in [6, 6.07) is 3.31. The molecule has 0 radical (unpaired) electrons. The zero-order chi connectivity index (χ0) is 14.6. The average molecular weight is 298 g/mol. The maximum atomic E-state index is 11.2. The molecule has 0 fully saturated rings. The quantitative estimate of drug-likeness (QED) is 0.427. The van der Waals surface area contributed by atoms with Crippen molar-refractivity contribution in [2.75, 3.05) is 6.61 Å². The summed E-state index contributed by atoms with van der Waals surface area (Å²) in [7, 11) is 0. The lowest BCUT2D eigenvalue weighted by Gasteiger charge is -2.07. The molecule has 4 heteroatoms. The Balaban J connectivity index is 2.11. The fourth-order valence-corrected chi connectivity index (χ4v) is 2.20. The van der Waals surface area contributed by atoms with Crippen LogP contribution in [0.2, 0.25) is 0 Å². The van der Waals surface area contributed by atoms with E-state index in [1.807, 2.05) is 0 Å². The van der Waals surface area contributed by atoms with Crippen molar-refractivity contribution in [3.8, 4) is 5.88 Å².